The van der Waals surface area contributed by atoms with Crippen LogP contribution >= 0.6 is 51.1 Å². The molecule has 1 aromatic rings. The second kappa shape index (κ2) is 3.40. The topological polar surface area (TPSA) is 0 Å². The molecule has 4 heteroatoms. The number of benzene rings is 1. The summed E-state index contributed by atoms with van der Waals surface area (Å²) in [6.07, 6.45) is 0. The van der Waals surface area contributed by atoms with Gasteiger partial charge in [0.1, 0.15) is 5.82 Å². The van der Waals surface area contributed by atoms with E-state index in [0.717, 1.165) is 4.47 Å². The van der Waals surface area contributed by atoms with Gasteiger partial charge in [-0.05, 0) is 50.7 Å². The Labute approximate surface area is 85.9 Å². The Morgan fingerprint density at radius 2 is 2.10 bits per heavy atom. The minimum absolute atomic E-state index is 0.228. The van der Waals surface area contributed by atoms with Gasteiger partial charge in [-0.2, -0.15) is 0 Å². The predicted octanol–water partition coefficient (Wildman–Crippen LogP) is 3.48. The summed E-state index contributed by atoms with van der Waals surface area (Å²) in [4.78, 5) is 0.623. The average Bonchev–Trinajstić information content (AvgIpc) is 1.84. The second-order valence-electron chi connectivity index (χ2n) is 1.72. The first-order valence-electron chi connectivity index (χ1n) is 2.45. The Hall–Kier alpha value is 0.710. The summed E-state index contributed by atoms with van der Waals surface area (Å²) in [7, 11) is 0. The van der Waals surface area contributed by atoms with E-state index >= 15 is 0 Å². The molecule has 0 saturated carbocycles. The maximum atomic E-state index is 12.7. The molecule has 0 fully saturated rings. The molecule has 0 bridgehead atoms. The van der Waals surface area contributed by atoms with Crippen LogP contribution in [0.5, 0.6) is 0 Å². The van der Waals surface area contributed by atoms with Gasteiger partial charge < -0.3 is 0 Å². The molecule has 0 aliphatic rings. The van der Waals surface area contributed by atoms with Gasteiger partial charge in [-0.3, -0.25) is 0 Å². The van der Waals surface area contributed by atoms with Gasteiger partial charge in [0.05, 0.1) is 0 Å². The van der Waals surface area contributed by atoms with Gasteiger partial charge in [0.15, 0.2) is 0 Å². The van der Waals surface area contributed by atoms with Gasteiger partial charge in [-0.1, -0.05) is 0 Å². The number of thiol groups is 1. The highest BCUT2D eigenvalue weighted by Crippen LogP contribution is 2.24. The van der Waals surface area contributed by atoms with E-state index < -0.39 is 0 Å². The Kier molecular flexibility index (Phi) is 3.00. The van der Waals surface area contributed by atoms with Crippen molar-refractivity contribution in [2.24, 2.45) is 0 Å². The van der Waals surface area contributed by atoms with Gasteiger partial charge in [-0.15, -0.1) is 12.6 Å². The Bertz CT molecular complexity index is 214. The Balaban J connectivity index is 3.28. The minimum Gasteiger partial charge on any atom is -0.206 e. The highest BCUT2D eigenvalue weighted by atomic mass is 127. The lowest BCUT2D eigenvalue weighted by molar-refractivity contribution is 0.616. The van der Waals surface area contributed by atoms with Gasteiger partial charge in [0.2, 0.25) is 0 Å². The lowest BCUT2D eigenvalue weighted by Gasteiger charge is -1.97. The van der Waals surface area contributed by atoms with E-state index in [1.54, 1.807) is 6.07 Å². The zero-order chi connectivity index (χ0) is 7.72. The molecule has 1 rings (SSSR count). The molecule has 0 aromatic heterocycles. The molecule has 10 heavy (non-hydrogen) atoms. The van der Waals surface area contributed by atoms with E-state index in [0.29, 0.717) is 8.47 Å². The molecule has 0 radical (unpaired) electrons. The van der Waals surface area contributed by atoms with Crippen molar-refractivity contribution in [2.75, 3.05) is 0 Å². The van der Waals surface area contributed by atoms with Crippen LogP contribution in [0.3, 0.4) is 0 Å². The average molecular weight is 333 g/mol. The van der Waals surface area contributed by atoms with Crippen molar-refractivity contribution in [1.82, 2.24) is 0 Å². The van der Waals surface area contributed by atoms with Gasteiger partial charge >= 0.3 is 0 Å². The van der Waals surface area contributed by atoms with E-state index in [-0.39, 0.29) is 5.82 Å². The first-order valence-corrected chi connectivity index (χ1v) is 4.76. The molecule has 0 heterocycles. The lowest BCUT2D eigenvalue weighted by Crippen LogP contribution is -1.81. The van der Waals surface area contributed by atoms with Gasteiger partial charge in [0.25, 0.3) is 0 Å². The van der Waals surface area contributed by atoms with Crippen molar-refractivity contribution in [3.05, 3.63) is 26.0 Å². The van der Waals surface area contributed by atoms with Crippen LogP contribution < -0.4 is 0 Å². The first-order chi connectivity index (χ1) is 4.61. The van der Waals surface area contributed by atoms with Gasteiger partial charge in [-0.25, -0.2) is 4.39 Å². The zero-order valence-corrected chi connectivity index (χ0v) is 9.37. The highest BCUT2D eigenvalue weighted by Gasteiger charge is 2.01. The summed E-state index contributed by atoms with van der Waals surface area (Å²) >= 11 is 9.18. The van der Waals surface area contributed by atoms with Crippen LogP contribution in [0.15, 0.2) is 21.5 Å². The molecule has 0 nitrogen and oxygen atoms in total. The van der Waals surface area contributed by atoms with E-state index in [4.69, 9.17) is 0 Å². The summed E-state index contributed by atoms with van der Waals surface area (Å²) in [6, 6.07) is 3.08. The minimum atomic E-state index is -0.228. The molecule has 0 spiro atoms. The summed E-state index contributed by atoms with van der Waals surface area (Å²) in [5.74, 6) is -0.228. The molecule has 0 aliphatic heterocycles. The maximum absolute atomic E-state index is 12.7. The summed E-state index contributed by atoms with van der Waals surface area (Å²) in [6.45, 7) is 0. The molecular weight excluding hydrogens is 330 g/mol. The normalized spacial score (nSPS) is 10.0. The number of rotatable bonds is 0. The lowest BCUT2D eigenvalue weighted by atomic mass is 10.3. The van der Waals surface area contributed by atoms with Crippen LogP contribution in [0.2, 0.25) is 0 Å². The SMILES string of the molecule is Fc1cc(S)c(Br)cc1I. The third-order valence-electron chi connectivity index (χ3n) is 0.990. The summed E-state index contributed by atoms with van der Waals surface area (Å²) in [5.41, 5.74) is 0. The van der Waals surface area contributed by atoms with E-state index in [9.17, 15) is 4.39 Å². The Morgan fingerprint density at radius 3 is 2.60 bits per heavy atom. The molecular formula is C6H3BrFIS. The molecule has 1 aromatic carbocycles. The van der Waals surface area contributed by atoms with Crippen LogP contribution in [0, 0.1) is 9.39 Å². The van der Waals surface area contributed by atoms with Crippen molar-refractivity contribution in [3.8, 4) is 0 Å². The largest absolute Gasteiger partial charge is 0.206 e. The first kappa shape index (κ1) is 8.80. The van der Waals surface area contributed by atoms with Crippen molar-refractivity contribution in [1.29, 1.82) is 0 Å². The molecule has 0 atom stereocenters. The van der Waals surface area contributed by atoms with Crippen LogP contribution in [0.4, 0.5) is 4.39 Å². The molecule has 54 valence electrons. The van der Waals surface area contributed by atoms with Crippen molar-refractivity contribution < 1.29 is 4.39 Å². The molecule has 0 amide bonds. The smallest absolute Gasteiger partial charge is 0.137 e. The van der Waals surface area contributed by atoms with E-state index in [1.165, 1.54) is 6.07 Å². The van der Waals surface area contributed by atoms with Crippen molar-refractivity contribution in [3.63, 3.8) is 0 Å². The predicted molar refractivity (Wildman–Crippen MR) is 54.1 cm³/mol. The standard InChI is InChI=1S/C6H3BrFIS/c7-3-1-5(9)4(8)2-6(3)10/h1-2,10H. The fourth-order valence-electron chi connectivity index (χ4n) is 0.512. The van der Waals surface area contributed by atoms with Crippen LogP contribution in [-0.2, 0) is 0 Å². The van der Waals surface area contributed by atoms with Gasteiger partial charge in [0, 0.05) is 12.9 Å². The third-order valence-corrected chi connectivity index (χ3v) is 3.15. The second-order valence-corrected chi connectivity index (χ2v) is 4.22. The highest BCUT2D eigenvalue weighted by molar-refractivity contribution is 14.1. The molecule has 0 N–H and O–H groups in total. The summed E-state index contributed by atoms with van der Waals surface area (Å²) in [5, 5.41) is 0. The zero-order valence-electron chi connectivity index (χ0n) is 4.74. The Morgan fingerprint density at radius 1 is 1.50 bits per heavy atom. The monoisotopic (exact) mass is 332 g/mol. The fraction of sp³-hybridized carbons (Fsp3) is 0. The fourth-order valence-corrected chi connectivity index (χ4v) is 1.93. The van der Waals surface area contributed by atoms with Crippen LogP contribution in [0.25, 0.3) is 0 Å². The van der Waals surface area contributed by atoms with E-state index in [1.807, 2.05) is 22.6 Å². The summed E-state index contributed by atoms with van der Waals surface area (Å²) < 4.78 is 14.1. The molecule has 0 unspecified atom stereocenters. The maximum Gasteiger partial charge on any atom is 0.137 e. The number of halogens is 3. The van der Waals surface area contributed by atoms with Crippen LogP contribution in [0.1, 0.15) is 0 Å². The third kappa shape index (κ3) is 1.85. The van der Waals surface area contributed by atoms with Crippen molar-refractivity contribution in [2.45, 2.75) is 4.90 Å². The van der Waals surface area contributed by atoms with E-state index in [2.05, 4.69) is 28.6 Å². The molecule has 0 aliphatic carbocycles. The van der Waals surface area contributed by atoms with Crippen LogP contribution in [-0.4, -0.2) is 0 Å². The number of hydrogen-bond donors (Lipinski definition) is 1. The molecule has 0 saturated heterocycles. The van der Waals surface area contributed by atoms with Crippen molar-refractivity contribution >= 4 is 51.1 Å². The quantitative estimate of drug-likeness (QED) is 0.420. The number of hydrogen-bond acceptors (Lipinski definition) is 1.